The molecule has 0 aliphatic carbocycles. The van der Waals surface area contributed by atoms with Crippen LogP contribution in [0.4, 0.5) is 0 Å². The monoisotopic (exact) mass is 147 g/mol. The van der Waals surface area contributed by atoms with Crippen molar-refractivity contribution >= 4 is 0 Å². The molecule has 11 heavy (non-hydrogen) atoms. The van der Waals surface area contributed by atoms with Crippen molar-refractivity contribution in [2.24, 2.45) is 0 Å². The van der Waals surface area contributed by atoms with Gasteiger partial charge in [0.2, 0.25) is 5.88 Å². The summed E-state index contributed by atoms with van der Waals surface area (Å²) in [6, 6.07) is 5.18. The van der Waals surface area contributed by atoms with Gasteiger partial charge in [-0.25, -0.2) is 4.98 Å². The third-order valence-electron chi connectivity index (χ3n) is 1.12. The van der Waals surface area contributed by atoms with Gasteiger partial charge in [-0.1, -0.05) is 0 Å². The minimum atomic E-state index is 0.359. The Labute approximate surface area is 65.3 Å². The second-order valence-corrected chi connectivity index (χ2v) is 1.84. The Bertz CT molecular complexity index is 278. The molecule has 1 aromatic heterocycles. The third-order valence-corrected chi connectivity index (χ3v) is 1.12. The summed E-state index contributed by atoms with van der Waals surface area (Å²) in [5.74, 6) is 0.359. The van der Waals surface area contributed by atoms with Crippen LogP contribution in [0, 0.1) is 17.5 Å². The van der Waals surface area contributed by atoms with E-state index in [0.717, 1.165) is 0 Å². The number of hydrogen-bond donors (Lipinski definition) is 0. The van der Waals surface area contributed by atoms with Gasteiger partial charge in [0.1, 0.15) is 11.6 Å². The van der Waals surface area contributed by atoms with Crippen molar-refractivity contribution in [3.63, 3.8) is 0 Å². The van der Waals surface area contributed by atoms with Crippen molar-refractivity contribution in [3.05, 3.63) is 23.9 Å². The molecule has 1 aromatic rings. The van der Waals surface area contributed by atoms with Gasteiger partial charge in [-0.2, -0.15) is 5.26 Å². The van der Waals surface area contributed by atoms with Crippen molar-refractivity contribution < 1.29 is 4.74 Å². The summed E-state index contributed by atoms with van der Waals surface area (Å²) in [6.45, 7) is 2.36. The number of rotatable bonds is 2. The van der Waals surface area contributed by atoms with Gasteiger partial charge in [-0.05, 0) is 19.1 Å². The van der Waals surface area contributed by atoms with Crippen molar-refractivity contribution in [3.8, 4) is 11.9 Å². The highest BCUT2D eigenvalue weighted by molar-refractivity contribution is 5.36. The number of ether oxygens (including phenoxy) is 1. The molecule has 0 saturated carbocycles. The highest BCUT2D eigenvalue weighted by Crippen LogP contribution is 2.11. The second kappa shape index (κ2) is 3.57. The third kappa shape index (κ3) is 1.68. The molecule has 1 heterocycles. The van der Waals surface area contributed by atoms with Crippen LogP contribution in [0.3, 0.4) is 0 Å². The molecule has 55 valence electrons. The number of nitrogens with zero attached hydrogens (tertiary/aromatic N) is 2. The van der Waals surface area contributed by atoms with Crippen LogP contribution in [0.15, 0.2) is 12.1 Å². The van der Waals surface area contributed by atoms with E-state index >= 15 is 0 Å². The second-order valence-electron chi connectivity index (χ2n) is 1.84. The Morgan fingerprint density at radius 3 is 3.27 bits per heavy atom. The van der Waals surface area contributed by atoms with Crippen molar-refractivity contribution in [2.75, 3.05) is 6.61 Å². The Hall–Kier alpha value is -1.56. The van der Waals surface area contributed by atoms with Gasteiger partial charge in [0.05, 0.1) is 12.8 Å². The van der Waals surface area contributed by atoms with Gasteiger partial charge < -0.3 is 4.74 Å². The molecule has 0 unspecified atom stereocenters. The smallest absolute Gasteiger partial charge is 0.232 e. The Kier molecular flexibility index (Phi) is 2.45. The van der Waals surface area contributed by atoms with Crippen molar-refractivity contribution in [1.82, 2.24) is 4.98 Å². The summed E-state index contributed by atoms with van der Waals surface area (Å²) >= 11 is 0. The summed E-state index contributed by atoms with van der Waals surface area (Å²) in [6.07, 6.45) is 2.59. The van der Waals surface area contributed by atoms with Crippen LogP contribution >= 0.6 is 0 Å². The summed E-state index contributed by atoms with van der Waals surface area (Å²) < 4.78 is 5.06. The lowest BCUT2D eigenvalue weighted by molar-refractivity contribution is 0.325. The first-order valence-corrected chi connectivity index (χ1v) is 3.28. The predicted molar refractivity (Wildman–Crippen MR) is 39.0 cm³/mol. The molecule has 0 atom stereocenters. The first-order valence-electron chi connectivity index (χ1n) is 3.28. The zero-order chi connectivity index (χ0) is 8.10. The van der Waals surface area contributed by atoms with E-state index in [9.17, 15) is 0 Å². The molecular formula is C8H7N2O. The standard InChI is InChI=1S/C8H7N2O/c1-2-11-8-7(6-9)4-3-5-10-8/h3-4H,2H2,1H3. The van der Waals surface area contributed by atoms with Gasteiger partial charge in [-0.3, -0.25) is 0 Å². The quantitative estimate of drug-likeness (QED) is 0.630. The van der Waals surface area contributed by atoms with Crippen LogP contribution in [-0.2, 0) is 0 Å². The maximum Gasteiger partial charge on any atom is 0.232 e. The van der Waals surface area contributed by atoms with E-state index in [1.807, 2.05) is 13.0 Å². The summed E-state index contributed by atoms with van der Waals surface area (Å²) in [4.78, 5) is 3.77. The topological polar surface area (TPSA) is 45.9 Å². The van der Waals surface area contributed by atoms with Crippen LogP contribution in [0.2, 0.25) is 0 Å². The average Bonchev–Trinajstić information content (AvgIpc) is 2.06. The van der Waals surface area contributed by atoms with Gasteiger partial charge in [-0.15, -0.1) is 0 Å². The molecule has 1 radical (unpaired) electrons. The molecule has 1 rings (SSSR count). The van der Waals surface area contributed by atoms with E-state index in [1.165, 1.54) is 0 Å². The molecule has 0 amide bonds. The van der Waals surface area contributed by atoms with E-state index in [2.05, 4.69) is 11.2 Å². The molecule has 0 aliphatic heterocycles. The lowest BCUT2D eigenvalue weighted by Crippen LogP contribution is -1.96. The summed E-state index contributed by atoms with van der Waals surface area (Å²) in [5.41, 5.74) is 0.450. The normalized spacial score (nSPS) is 8.73. The molecule has 3 nitrogen and oxygen atoms in total. The van der Waals surface area contributed by atoms with Crippen molar-refractivity contribution in [2.45, 2.75) is 6.92 Å². The Morgan fingerprint density at radius 2 is 2.64 bits per heavy atom. The highest BCUT2D eigenvalue weighted by Gasteiger charge is 2.00. The van der Waals surface area contributed by atoms with Crippen LogP contribution < -0.4 is 4.74 Å². The van der Waals surface area contributed by atoms with Crippen molar-refractivity contribution in [1.29, 1.82) is 5.26 Å². The lowest BCUT2D eigenvalue weighted by Gasteiger charge is -2.00. The van der Waals surface area contributed by atoms with Gasteiger partial charge in [0, 0.05) is 0 Å². The van der Waals surface area contributed by atoms with Gasteiger partial charge >= 0.3 is 0 Å². The maximum absolute atomic E-state index is 8.56. The Morgan fingerprint density at radius 1 is 1.82 bits per heavy atom. The molecule has 0 aromatic carbocycles. The zero-order valence-corrected chi connectivity index (χ0v) is 6.16. The predicted octanol–water partition coefficient (Wildman–Crippen LogP) is 1.15. The molecule has 3 heteroatoms. The van der Waals surface area contributed by atoms with Gasteiger partial charge in [0.25, 0.3) is 0 Å². The SMILES string of the molecule is CCOc1n[c]ccc1C#N. The largest absolute Gasteiger partial charge is 0.477 e. The van der Waals surface area contributed by atoms with Crippen LogP contribution in [0.25, 0.3) is 0 Å². The fourth-order valence-electron chi connectivity index (χ4n) is 0.680. The van der Waals surface area contributed by atoms with E-state index in [-0.39, 0.29) is 0 Å². The summed E-state index contributed by atoms with van der Waals surface area (Å²) in [5, 5.41) is 8.56. The van der Waals surface area contributed by atoms with E-state index in [4.69, 9.17) is 10.00 Å². The molecule has 0 fully saturated rings. The fourth-order valence-corrected chi connectivity index (χ4v) is 0.680. The maximum atomic E-state index is 8.56. The van der Waals surface area contributed by atoms with Crippen LogP contribution in [0.1, 0.15) is 12.5 Å². The molecule has 0 saturated heterocycles. The zero-order valence-electron chi connectivity index (χ0n) is 6.16. The summed E-state index contributed by atoms with van der Waals surface area (Å²) in [7, 11) is 0. The number of aromatic nitrogens is 1. The first kappa shape index (κ1) is 7.55. The number of hydrogen-bond acceptors (Lipinski definition) is 3. The Balaban J connectivity index is 2.95. The minimum absolute atomic E-state index is 0.359. The van der Waals surface area contributed by atoms with Crippen LogP contribution in [-0.4, -0.2) is 11.6 Å². The van der Waals surface area contributed by atoms with Crippen LogP contribution in [0.5, 0.6) is 5.88 Å². The molecule has 0 aliphatic rings. The number of nitriles is 1. The number of pyridine rings is 1. The molecule has 0 spiro atoms. The van der Waals surface area contributed by atoms with Gasteiger partial charge in [0.15, 0.2) is 0 Å². The highest BCUT2D eigenvalue weighted by atomic mass is 16.5. The van der Waals surface area contributed by atoms with E-state index in [1.54, 1.807) is 12.1 Å². The first-order chi connectivity index (χ1) is 5.38. The molecular weight excluding hydrogens is 140 g/mol. The fraction of sp³-hybridized carbons (Fsp3) is 0.250. The van der Waals surface area contributed by atoms with E-state index < -0.39 is 0 Å². The minimum Gasteiger partial charge on any atom is -0.477 e. The molecule has 0 bridgehead atoms. The average molecular weight is 147 g/mol. The van der Waals surface area contributed by atoms with E-state index in [0.29, 0.717) is 18.1 Å². The lowest BCUT2D eigenvalue weighted by atomic mass is 10.3. The molecule has 0 N–H and O–H groups in total.